The summed E-state index contributed by atoms with van der Waals surface area (Å²) < 4.78 is 31.1. The number of ether oxygens (including phenoxy) is 1. The molecule has 0 unspecified atom stereocenters. The fourth-order valence-corrected chi connectivity index (χ4v) is 4.24. The number of nitrogens with zero attached hydrogens (tertiary/aromatic N) is 1. The largest absolute Gasteiger partial charge is 0.465 e. The van der Waals surface area contributed by atoms with Gasteiger partial charge in [-0.3, -0.25) is 4.79 Å². The molecule has 0 aliphatic carbocycles. The molecule has 1 N–H and O–H groups in total. The van der Waals surface area contributed by atoms with Crippen LogP contribution in [0.3, 0.4) is 0 Å². The standard InChI is InChI=1S/C15H16N2O5S/c1-22-15(19)12-9-16-13-5-4-10(8-11(13)14(12)18)23(20,21)17-6-2-3-7-17/h4-5,8-9H,2-3,6-7H2,1H3,(H,16,18). The normalized spacial score (nSPS) is 15.9. The van der Waals surface area contributed by atoms with Crippen LogP contribution >= 0.6 is 0 Å². The highest BCUT2D eigenvalue weighted by Gasteiger charge is 2.27. The lowest BCUT2D eigenvalue weighted by atomic mass is 10.1. The van der Waals surface area contributed by atoms with Crippen LogP contribution in [0.25, 0.3) is 10.9 Å². The molecule has 0 amide bonds. The number of aromatic nitrogens is 1. The molecule has 0 radical (unpaired) electrons. The zero-order chi connectivity index (χ0) is 16.6. The van der Waals surface area contributed by atoms with E-state index in [-0.39, 0.29) is 15.8 Å². The number of hydrogen-bond donors (Lipinski definition) is 1. The minimum atomic E-state index is -3.62. The van der Waals surface area contributed by atoms with Crippen molar-refractivity contribution in [3.63, 3.8) is 0 Å². The Labute approximate surface area is 132 Å². The molecule has 7 nitrogen and oxygen atoms in total. The van der Waals surface area contributed by atoms with Gasteiger partial charge >= 0.3 is 5.97 Å². The van der Waals surface area contributed by atoms with Gasteiger partial charge in [0.15, 0.2) is 0 Å². The number of aromatic amines is 1. The van der Waals surface area contributed by atoms with Crippen LogP contribution in [0.15, 0.2) is 34.1 Å². The highest BCUT2D eigenvalue weighted by molar-refractivity contribution is 7.89. The van der Waals surface area contributed by atoms with Crippen molar-refractivity contribution in [1.29, 1.82) is 0 Å². The summed E-state index contributed by atoms with van der Waals surface area (Å²) in [5, 5.41) is 0.146. The van der Waals surface area contributed by atoms with E-state index >= 15 is 0 Å². The number of benzene rings is 1. The van der Waals surface area contributed by atoms with Gasteiger partial charge in [0, 0.05) is 30.2 Å². The number of H-pyrrole nitrogens is 1. The van der Waals surface area contributed by atoms with Crippen molar-refractivity contribution in [1.82, 2.24) is 9.29 Å². The number of rotatable bonds is 3. The van der Waals surface area contributed by atoms with Gasteiger partial charge in [0.25, 0.3) is 0 Å². The fraction of sp³-hybridized carbons (Fsp3) is 0.333. The second kappa shape index (κ2) is 5.78. The molecule has 1 aromatic carbocycles. The number of fused-ring (bicyclic) bond motifs is 1. The van der Waals surface area contributed by atoms with Crippen LogP contribution in [-0.4, -0.2) is 43.9 Å². The Morgan fingerprint density at radius 1 is 1.26 bits per heavy atom. The Balaban J connectivity index is 2.16. The summed E-state index contributed by atoms with van der Waals surface area (Å²) >= 11 is 0. The average molecular weight is 336 g/mol. The number of pyridine rings is 1. The van der Waals surface area contributed by atoms with Crippen LogP contribution in [0, 0.1) is 0 Å². The van der Waals surface area contributed by atoms with Gasteiger partial charge in [-0.05, 0) is 31.0 Å². The van der Waals surface area contributed by atoms with E-state index in [0.29, 0.717) is 18.6 Å². The smallest absolute Gasteiger partial charge is 0.343 e. The molecule has 1 aliphatic rings. The third-order valence-electron chi connectivity index (χ3n) is 3.96. The van der Waals surface area contributed by atoms with Crippen molar-refractivity contribution in [3.8, 4) is 0 Å². The van der Waals surface area contributed by atoms with Crippen molar-refractivity contribution in [2.45, 2.75) is 17.7 Å². The monoisotopic (exact) mass is 336 g/mol. The molecule has 0 spiro atoms. The van der Waals surface area contributed by atoms with E-state index in [2.05, 4.69) is 9.72 Å². The molecule has 1 fully saturated rings. The maximum atomic E-state index is 12.6. The van der Waals surface area contributed by atoms with Crippen LogP contribution in [0.5, 0.6) is 0 Å². The summed E-state index contributed by atoms with van der Waals surface area (Å²) in [6, 6.07) is 4.30. The van der Waals surface area contributed by atoms with Crippen LogP contribution in [0.4, 0.5) is 0 Å². The first-order chi connectivity index (χ1) is 10.9. The van der Waals surface area contributed by atoms with Crippen molar-refractivity contribution in [2.75, 3.05) is 20.2 Å². The van der Waals surface area contributed by atoms with Gasteiger partial charge in [0.05, 0.1) is 12.0 Å². The van der Waals surface area contributed by atoms with E-state index in [4.69, 9.17) is 0 Å². The van der Waals surface area contributed by atoms with E-state index in [1.165, 1.54) is 35.8 Å². The second-order valence-corrected chi connectivity index (χ2v) is 7.28. The fourth-order valence-electron chi connectivity index (χ4n) is 2.70. The van der Waals surface area contributed by atoms with Crippen molar-refractivity contribution >= 4 is 26.9 Å². The summed E-state index contributed by atoms with van der Waals surface area (Å²) in [4.78, 5) is 26.9. The van der Waals surface area contributed by atoms with Crippen LogP contribution in [0.1, 0.15) is 23.2 Å². The molecule has 2 aromatic rings. The highest BCUT2D eigenvalue weighted by atomic mass is 32.2. The van der Waals surface area contributed by atoms with Crippen molar-refractivity contribution in [3.05, 3.63) is 40.2 Å². The lowest BCUT2D eigenvalue weighted by Gasteiger charge is -2.15. The third-order valence-corrected chi connectivity index (χ3v) is 5.86. The SMILES string of the molecule is COC(=O)c1c[nH]c2ccc(S(=O)(=O)N3CCCC3)cc2c1=O. The Morgan fingerprint density at radius 2 is 1.96 bits per heavy atom. The van der Waals surface area contributed by atoms with Crippen LogP contribution in [-0.2, 0) is 14.8 Å². The number of hydrogen-bond acceptors (Lipinski definition) is 5. The molecule has 8 heteroatoms. The number of esters is 1. The first-order valence-electron chi connectivity index (χ1n) is 7.19. The lowest BCUT2D eigenvalue weighted by Crippen LogP contribution is -2.28. The zero-order valence-corrected chi connectivity index (χ0v) is 13.4. The first kappa shape index (κ1) is 15.7. The molecule has 1 saturated heterocycles. The molecule has 23 heavy (non-hydrogen) atoms. The third kappa shape index (κ3) is 2.64. The number of carbonyl (C=O) groups is 1. The predicted octanol–water partition coefficient (Wildman–Crippen LogP) is 1.10. The molecule has 0 saturated carbocycles. The second-order valence-electron chi connectivity index (χ2n) is 5.34. The van der Waals surface area contributed by atoms with E-state index in [9.17, 15) is 18.0 Å². The number of methoxy groups -OCH3 is 1. The molecule has 3 rings (SSSR count). The maximum Gasteiger partial charge on any atom is 0.343 e. The summed E-state index contributed by atoms with van der Waals surface area (Å²) in [7, 11) is -2.44. The average Bonchev–Trinajstić information content (AvgIpc) is 3.09. The molecule has 2 heterocycles. The first-order valence-corrected chi connectivity index (χ1v) is 8.63. The minimum Gasteiger partial charge on any atom is -0.465 e. The Morgan fingerprint density at radius 3 is 2.61 bits per heavy atom. The Hall–Kier alpha value is -2.19. The zero-order valence-electron chi connectivity index (χ0n) is 12.5. The lowest BCUT2D eigenvalue weighted by molar-refractivity contribution is 0.0599. The molecule has 1 aliphatic heterocycles. The van der Waals surface area contributed by atoms with E-state index < -0.39 is 21.4 Å². The van der Waals surface area contributed by atoms with Gasteiger partial charge < -0.3 is 9.72 Å². The van der Waals surface area contributed by atoms with E-state index in [0.717, 1.165) is 12.8 Å². The van der Waals surface area contributed by atoms with Gasteiger partial charge in [-0.1, -0.05) is 0 Å². The van der Waals surface area contributed by atoms with Gasteiger partial charge in [0.2, 0.25) is 15.5 Å². The molecule has 1 aromatic heterocycles. The molecular weight excluding hydrogens is 320 g/mol. The number of nitrogens with one attached hydrogen (secondary N) is 1. The summed E-state index contributed by atoms with van der Waals surface area (Å²) in [6.45, 7) is 0.970. The number of sulfonamides is 1. The van der Waals surface area contributed by atoms with E-state index in [1.807, 2.05) is 0 Å². The highest BCUT2D eigenvalue weighted by Crippen LogP contribution is 2.23. The van der Waals surface area contributed by atoms with Gasteiger partial charge in [0.1, 0.15) is 5.56 Å². The Kier molecular flexibility index (Phi) is 3.95. The summed E-state index contributed by atoms with van der Waals surface area (Å²) in [5.41, 5.74) is -0.247. The minimum absolute atomic E-state index is 0.0550. The quantitative estimate of drug-likeness (QED) is 0.847. The number of carbonyl (C=O) groups excluding carboxylic acids is 1. The van der Waals surface area contributed by atoms with Gasteiger partial charge in [-0.25, -0.2) is 13.2 Å². The Bertz CT molecular complexity index is 927. The van der Waals surface area contributed by atoms with Crippen LogP contribution < -0.4 is 5.43 Å². The van der Waals surface area contributed by atoms with Crippen LogP contribution in [0.2, 0.25) is 0 Å². The summed E-state index contributed by atoms with van der Waals surface area (Å²) in [5.74, 6) is -0.763. The molecular formula is C15H16N2O5S. The molecule has 0 bridgehead atoms. The van der Waals surface area contributed by atoms with Gasteiger partial charge in [-0.15, -0.1) is 0 Å². The molecule has 0 atom stereocenters. The molecule has 122 valence electrons. The topological polar surface area (TPSA) is 96.5 Å². The van der Waals surface area contributed by atoms with Crippen molar-refractivity contribution < 1.29 is 17.9 Å². The van der Waals surface area contributed by atoms with Gasteiger partial charge in [-0.2, -0.15) is 4.31 Å². The van der Waals surface area contributed by atoms with Crippen molar-refractivity contribution in [2.24, 2.45) is 0 Å². The summed E-state index contributed by atoms with van der Waals surface area (Å²) in [6.07, 6.45) is 2.94. The maximum absolute atomic E-state index is 12.6. The predicted molar refractivity (Wildman–Crippen MR) is 83.9 cm³/mol. The van der Waals surface area contributed by atoms with E-state index in [1.54, 1.807) is 0 Å².